The highest BCUT2D eigenvalue weighted by atomic mass is 16.5. The molecule has 6 nitrogen and oxygen atoms in total. The van der Waals surface area contributed by atoms with Crippen LogP contribution in [0, 0.1) is 5.92 Å². The summed E-state index contributed by atoms with van der Waals surface area (Å²) in [6.45, 7) is 5.82. The average molecular weight is 323 g/mol. The molecule has 1 aromatic rings. The number of ether oxygens (including phenoxy) is 2. The fourth-order valence-electron chi connectivity index (χ4n) is 2.14. The molecular formula is C17H25NO5. The number of rotatable bonds is 9. The summed E-state index contributed by atoms with van der Waals surface area (Å²) in [5.41, 5.74) is 0.401. The normalized spacial score (nSPS) is 11.9. The first-order chi connectivity index (χ1) is 10.9. The zero-order valence-electron chi connectivity index (χ0n) is 14.1. The molecule has 1 aromatic carbocycles. The zero-order chi connectivity index (χ0) is 17.4. The van der Waals surface area contributed by atoms with Gasteiger partial charge in [-0.3, -0.25) is 9.59 Å². The first-order valence-electron chi connectivity index (χ1n) is 7.74. The summed E-state index contributed by atoms with van der Waals surface area (Å²) >= 11 is 0. The Morgan fingerprint density at radius 3 is 2.48 bits per heavy atom. The number of aliphatic carboxylic acids is 1. The van der Waals surface area contributed by atoms with Crippen LogP contribution >= 0.6 is 0 Å². The van der Waals surface area contributed by atoms with E-state index in [2.05, 4.69) is 5.32 Å². The highest BCUT2D eigenvalue weighted by Gasteiger charge is 2.18. The van der Waals surface area contributed by atoms with Gasteiger partial charge < -0.3 is 19.9 Å². The van der Waals surface area contributed by atoms with Crippen molar-refractivity contribution in [1.29, 1.82) is 0 Å². The molecule has 0 saturated carbocycles. The van der Waals surface area contributed by atoms with Crippen LogP contribution in [0.2, 0.25) is 0 Å². The number of carboxylic acids is 1. The Balaban J connectivity index is 2.78. The number of carbonyl (C=O) groups is 2. The molecule has 0 aromatic heterocycles. The standard InChI is InChI=1S/C17H25NO5/c1-5-6-13(17(20)21)10-18-16(19)12-7-8-14(23-11(2)3)15(9-12)22-4/h7-9,11,13H,5-6,10H2,1-4H3,(H,18,19)(H,20,21). The van der Waals surface area contributed by atoms with Crippen molar-refractivity contribution in [2.24, 2.45) is 5.92 Å². The van der Waals surface area contributed by atoms with Gasteiger partial charge in [-0.15, -0.1) is 0 Å². The fourth-order valence-corrected chi connectivity index (χ4v) is 2.14. The van der Waals surface area contributed by atoms with Gasteiger partial charge in [0.15, 0.2) is 11.5 Å². The van der Waals surface area contributed by atoms with Crippen LogP contribution in [0.1, 0.15) is 44.0 Å². The number of methoxy groups -OCH3 is 1. The summed E-state index contributed by atoms with van der Waals surface area (Å²) < 4.78 is 10.8. The third kappa shape index (κ3) is 5.81. The van der Waals surface area contributed by atoms with E-state index in [4.69, 9.17) is 14.6 Å². The highest BCUT2D eigenvalue weighted by Crippen LogP contribution is 2.28. The molecule has 0 spiro atoms. The predicted molar refractivity (Wildman–Crippen MR) is 87.1 cm³/mol. The maximum absolute atomic E-state index is 12.2. The smallest absolute Gasteiger partial charge is 0.308 e. The van der Waals surface area contributed by atoms with Gasteiger partial charge in [-0.1, -0.05) is 13.3 Å². The molecule has 23 heavy (non-hydrogen) atoms. The van der Waals surface area contributed by atoms with Gasteiger partial charge in [0.25, 0.3) is 5.91 Å². The van der Waals surface area contributed by atoms with Crippen molar-refractivity contribution < 1.29 is 24.2 Å². The molecule has 1 amide bonds. The average Bonchev–Trinajstić information content (AvgIpc) is 2.50. The lowest BCUT2D eigenvalue weighted by Gasteiger charge is -2.15. The van der Waals surface area contributed by atoms with Crippen LogP contribution in [0.4, 0.5) is 0 Å². The van der Waals surface area contributed by atoms with Crippen LogP contribution in [0.5, 0.6) is 11.5 Å². The molecule has 0 aliphatic carbocycles. The van der Waals surface area contributed by atoms with E-state index in [9.17, 15) is 9.59 Å². The van der Waals surface area contributed by atoms with Gasteiger partial charge in [0.2, 0.25) is 0 Å². The Hall–Kier alpha value is -2.24. The Labute approximate surface area is 136 Å². The Morgan fingerprint density at radius 2 is 1.96 bits per heavy atom. The van der Waals surface area contributed by atoms with Crippen molar-refractivity contribution in [1.82, 2.24) is 5.32 Å². The van der Waals surface area contributed by atoms with E-state index < -0.39 is 11.9 Å². The second-order valence-electron chi connectivity index (χ2n) is 5.57. The van der Waals surface area contributed by atoms with Crippen molar-refractivity contribution >= 4 is 11.9 Å². The summed E-state index contributed by atoms with van der Waals surface area (Å²) in [6.07, 6.45) is 1.27. The molecule has 2 N–H and O–H groups in total. The lowest BCUT2D eigenvalue weighted by Crippen LogP contribution is -2.32. The van der Waals surface area contributed by atoms with E-state index in [0.717, 1.165) is 6.42 Å². The van der Waals surface area contributed by atoms with E-state index in [1.54, 1.807) is 18.2 Å². The number of nitrogens with one attached hydrogen (secondary N) is 1. The number of carbonyl (C=O) groups excluding carboxylic acids is 1. The van der Waals surface area contributed by atoms with Gasteiger partial charge in [-0.2, -0.15) is 0 Å². The van der Waals surface area contributed by atoms with Gasteiger partial charge in [0, 0.05) is 12.1 Å². The molecule has 1 rings (SSSR count). The van der Waals surface area contributed by atoms with Gasteiger partial charge in [0.05, 0.1) is 19.1 Å². The van der Waals surface area contributed by atoms with E-state index in [-0.39, 0.29) is 18.6 Å². The first kappa shape index (κ1) is 18.8. The maximum atomic E-state index is 12.2. The van der Waals surface area contributed by atoms with Crippen molar-refractivity contribution in [3.63, 3.8) is 0 Å². The van der Waals surface area contributed by atoms with E-state index in [1.165, 1.54) is 7.11 Å². The third-order valence-electron chi connectivity index (χ3n) is 3.28. The summed E-state index contributed by atoms with van der Waals surface area (Å²) in [4.78, 5) is 23.3. The number of carboxylic acid groups (broad SMARTS) is 1. The fraction of sp³-hybridized carbons (Fsp3) is 0.529. The predicted octanol–water partition coefficient (Wildman–Crippen LogP) is 2.71. The highest BCUT2D eigenvalue weighted by molar-refractivity contribution is 5.95. The van der Waals surface area contributed by atoms with Gasteiger partial charge in [-0.25, -0.2) is 0 Å². The van der Waals surface area contributed by atoms with Crippen molar-refractivity contribution in [3.8, 4) is 11.5 Å². The second kappa shape index (κ2) is 9.02. The summed E-state index contributed by atoms with van der Waals surface area (Å²) in [7, 11) is 1.51. The van der Waals surface area contributed by atoms with E-state index in [1.807, 2.05) is 20.8 Å². The minimum absolute atomic E-state index is 0.00561. The molecule has 0 radical (unpaired) electrons. The summed E-state index contributed by atoms with van der Waals surface area (Å²) in [5.74, 6) is -0.773. The number of hydrogen-bond acceptors (Lipinski definition) is 4. The number of hydrogen-bond donors (Lipinski definition) is 2. The maximum Gasteiger partial charge on any atom is 0.308 e. The van der Waals surface area contributed by atoms with Crippen LogP contribution < -0.4 is 14.8 Å². The van der Waals surface area contributed by atoms with Crippen LogP contribution in [-0.4, -0.2) is 36.7 Å². The van der Waals surface area contributed by atoms with Crippen LogP contribution in [0.3, 0.4) is 0 Å². The lowest BCUT2D eigenvalue weighted by atomic mass is 10.0. The third-order valence-corrected chi connectivity index (χ3v) is 3.28. The largest absolute Gasteiger partial charge is 0.493 e. The number of amides is 1. The van der Waals surface area contributed by atoms with E-state index >= 15 is 0 Å². The van der Waals surface area contributed by atoms with Gasteiger partial charge in [-0.05, 0) is 38.5 Å². The number of benzene rings is 1. The quantitative estimate of drug-likeness (QED) is 0.730. The SMILES string of the molecule is CCCC(CNC(=O)c1ccc(OC(C)C)c(OC)c1)C(=O)O. The second-order valence-corrected chi connectivity index (χ2v) is 5.57. The molecule has 0 saturated heterocycles. The molecule has 128 valence electrons. The topological polar surface area (TPSA) is 84.9 Å². The van der Waals surface area contributed by atoms with Crippen molar-refractivity contribution in [3.05, 3.63) is 23.8 Å². The molecule has 0 fully saturated rings. The molecule has 6 heteroatoms. The van der Waals surface area contributed by atoms with Crippen LogP contribution in [0.25, 0.3) is 0 Å². The molecular weight excluding hydrogens is 298 g/mol. The first-order valence-corrected chi connectivity index (χ1v) is 7.74. The molecule has 1 unspecified atom stereocenters. The Bertz CT molecular complexity index is 542. The van der Waals surface area contributed by atoms with E-state index in [0.29, 0.717) is 23.5 Å². The molecule has 0 heterocycles. The minimum atomic E-state index is -0.898. The lowest BCUT2D eigenvalue weighted by molar-refractivity contribution is -0.141. The monoisotopic (exact) mass is 323 g/mol. The molecule has 0 bridgehead atoms. The Kier molecular flexibility index (Phi) is 7.38. The molecule has 0 aliphatic heterocycles. The summed E-state index contributed by atoms with van der Waals surface area (Å²) in [6, 6.07) is 4.89. The Morgan fingerprint density at radius 1 is 1.26 bits per heavy atom. The van der Waals surface area contributed by atoms with Crippen molar-refractivity contribution in [2.45, 2.75) is 39.7 Å². The van der Waals surface area contributed by atoms with Crippen LogP contribution in [0.15, 0.2) is 18.2 Å². The van der Waals surface area contributed by atoms with Gasteiger partial charge >= 0.3 is 5.97 Å². The van der Waals surface area contributed by atoms with Crippen molar-refractivity contribution in [2.75, 3.05) is 13.7 Å². The molecule has 0 aliphatic rings. The minimum Gasteiger partial charge on any atom is -0.493 e. The molecule has 1 atom stereocenters. The summed E-state index contributed by atoms with van der Waals surface area (Å²) in [5, 5.41) is 11.8. The zero-order valence-corrected chi connectivity index (χ0v) is 14.1. The van der Waals surface area contributed by atoms with Crippen LogP contribution in [-0.2, 0) is 4.79 Å². The van der Waals surface area contributed by atoms with Gasteiger partial charge in [0.1, 0.15) is 0 Å².